The topological polar surface area (TPSA) is 71.7 Å². The molecule has 1 aromatic heterocycles. The SMILES string of the molecule is CC(C)COc1ccc(CC(=O)NCC(O)c2ccco2)cc1. The van der Waals surface area contributed by atoms with Crippen molar-refractivity contribution < 1.29 is 19.1 Å². The Labute approximate surface area is 136 Å². The van der Waals surface area contributed by atoms with E-state index in [1.807, 2.05) is 24.3 Å². The number of ether oxygens (including phenoxy) is 1. The smallest absolute Gasteiger partial charge is 0.224 e. The highest BCUT2D eigenvalue weighted by Crippen LogP contribution is 2.14. The van der Waals surface area contributed by atoms with Gasteiger partial charge in [0, 0.05) is 0 Å². The Bertz CT molecular complexity index is 590. The van der Waals surface area contributed by atoms with E-state index in [1.165, 1.54) is 6.26 Å². The molecule has 0 fully saturated rings. The van der Waals surface area contributed by atoms with Crippen molar-refractivity contribution in [3.63, 3.8) is 0 Å². The van der Waals surface area contributed by atoms with Crippen molar-refractivity contribution in [1.82, 2.24) is 5.32 Å². The molecule has 0 saturated carbocycles. The summed E-state index contributed by atoms with van der Waals surface area (Å²) in [6, 6.07) is 10.8. The molecule has 5 heteroatoms. The van der Waals surface area contributed by atoms with Gasteiger partial charge in [-0.15, -0.1) is 0 Å². The second kappa shape index (κ2) is 8.39. The predicted octanol–water partition coefficient (Wildman–Crippen LogP) is 2.71. The van der Waals surface area contributed by atoms with Crippen LogP contribution in [0.3, 0.4) is 0 Å². The lowest BCUT2D eigenvalue weighted by Crippen LogP contribution is -2.29. The summed E-state index contributed by atoms with van der Waals surface area (Å²) >= 11 is 0. The first-order valence-corrected chi connectivity index (χ1v) is 7.74. The van der Waals surface area contributed by atoms with Gasteiger partial charge in [0.2, 0.25) is 5.91 Å². The molecule has 2 aromatic rings. The van der Waals surface area contributed by atoms with Crippen LogP contribution in [0, 0.1) is 5.92 Å². The fraction of sp³-hybridized carbons (Fsp3) is 0.389. The largest absolute Gasteiger partial charge is 0.493 e. The third kappa shape index (κ3) is 5.79. The molecule has 23 heavy (non-hydrogen) atoms. The Morgan fingerprint density at radius 3 is 2.61 bits per heavy atom. The summed E-state index contributed by atoms with van der Waals surface area (Å²) in [5.74, 6) is 1.57. The van der Waals surface area contributed by atoms with Gasteiger partial charge < -0.3 is 19.6 Å². The van der Waals surface area contributed by atoms with Gasteiger partial charge in [0.25, 0.3) is 0 Å². The van der Waals surface area contributed by atoms with E-state index in [0.717, 1.165) is 11.3 Å². The number of carbonyl (C=O) groups is 1. The Morgan fingerprint density at radius 2 is 2.00 bits per heavy atom. The summed E-state index contributed by atoms with van der Waals surface area (Å²) in [5, 5.41) is 12.5. The number of carbonyl (C=O) groups excluding carboxylic acids is 1. The molecule has 0 saturated heterocycles. The van der Waals surface area contributed by atoms with Gasteiger partial charge in [-0.05, 0) is 35.7 Å². The zero-order chi connectivity index (χ0) is 16.7. The molecule has 0 spiro atoms. The lowest BCUT2D eigenvalue weighted by Gasteiger charge is -2.11. The standard InChI is InChI=1S/C18H23NO4/c1-13(2)12-23-15-7-5-14(6-8-15)10-18(21)19-11-16(20)17-4-3-9-22-17/h3-9,13,16,20H,10-12H2,1-2H3,(H,19,21). The average molecular weight is 317 g/mol. The average Bonchev–Trinajstić information content (AvgIpc) is 3.06. The summed E-state index contributed by atoms with van der Waals surface area (Å²) in [7, 11) is 0. The number of rotatable bonds is 8. The van der Waals surface area contributed by atoms with E-state index in [0.29, 0.717) is 18.3 Å². The first-order chi connectivity index (χ1) is 11.0. The van der Waals surface area contributed by atoms with Gasteiger partial charge in [0.1, 0.15) is 17.6 Å². The van der Waals surface area contributed by atoms with Crippen molar-refractivity contribution in [2.75, 3.05) is 13.2 Å². The minimum atomic E-state index is -0.833. The molecule has 5 nitrogen and oxygen atoms in total. The van der Waals surface area contributed by atoms with Crippen LogP contribution >= 0.6 is 0 Å². The van der Waals surface area contributed by atoms with Crippen molar-refractivity contribution in [2.24, 2.45) is 5.92 Å². The molecule has 2 N–H and O–H groups in total. The Balaban J connectivity index is 1.76. The lowest BCUT2D eigenvalue weighted by molar-refractivity contribution is -0.120. The van der Waals surface area contributed by atoms with Crippen LogP contribution in [0.2, 0.25) is 0 Å². The van der Waals surface area contributed by atoms with Crippen molar-refractivity contribution in [3.05, 3.63) is 54.0 Å². The molecule has 0 aliphatic heterocycles. The van der Waals surface area contributed by atoms with E-state index in [2.05, 4.69) is 19.2 Å². The molecular weight excluding hydrogens is 294 g/mol. The normalized spacial score (nSPS) is 12.2. The molecule has 1 amide bonds. The van der Waals surface area contributed by atoms with Crippen LogP contribution in [-0.4, -0.2) is 24.2 Å². The number of amides is 1. The second-order valence-electron chi connectivity index (χ2n) is 5.86. The minimum Gasteiger partial charge on any atom is -0.493 e. The van der Waals surface area contributed by atoms with Gasteiger partial charge in [-0.1, -0.05) is 26.0 Å². The molecule has 124 valence electrons. The molecule has 1 atom stereocenters. The number of aliphatic hydroxyl groups excluding tert-OH is 1. The fourth-order valence-corrected chi connectivity index (χ4v) is 2.01. The van der Waals surface area contributed by atoms with Gasteiger partial charge in [-0.2, -0.15) is 0 Å². The molecule has 1 aromatic carbocycles. The molecule has 2 rings (SSSR count). The van der Waals surface area contributed by atoms with Crippen LogP contribution in [0.1, 0.15) is 31.3 Å². The fourth-order valence-electron chi connectivity index (χ4n) is 2.01. The maximum atomic E-state index is 11.9. The van der Waals surface area contributed by atoms with E-state index < -0.39 is 6.10 Å². The summed E-state index contributed by atoms with van der Waals surface area (Å²) < 4.78 is 10.7. The first-order valence-electron chi connectivity index (χ1n) is 7.74. The zero-order valence-corrected chi connectivity index (χ0v) is 13.5. The summed E-state index contributed by atoms with van der Waals surface area (Å²) in [4.78, 5) is 11.9. The van der Waals surface area contributed by atoms with Gasteiger partial charge in [0.15, 0.2) is 0 Å². The van der Waals surface area contributed by atoms with Crippen molar-refractivity contribution in [3.8, 4) is 5.75 Å². The van der Waals surface area contributed by atoms with Crippen LogP contribution in [-0.2, 0) is 11.2 Å². The highest BCUT2D eigenvalue weighted by atomic mass is 16.5. The molecule has 0 bridgehead atoms. The van der Waals surface area contributed by atoms with Crippen LogP contribution in [0.4, 0.5) is 0 Å². The van der Waals surface area contributed by atoms with E-state index in [4.69, 9.17) is 9.15 Å². The highest BCUT2D eigenvalue weighted by molar-refractivity contribution is 5.78. The second-order valence-corrected chi connectivity index (χ2v) is 5.86. The van der Waals surface area contributed by atoms with Gasteiger partial charge in [0.05, 0.1) is 25.8 Å². The van der Waals surface area contributed by atoms with E-state index >= 15 is 0 Å². The zero-order valence-electron chi connectivity index (χ0n) is 13.5. The van der Waals surface area contributed by atoms with Crippen molar-refractivity contribution >= 4 is 5.91 Å². The van der Waals surface area contributed by atoms with E-state index in [1.54, 1.807) is 12.1 Å². The Kier molecular flexibility index (Phi) is 6.23. The third-order valence-corrected chi connectivity index (χ3v) is 3.24. The number of hydrogen-bond donors (Lipinski definition) is 2. The van der Waals surface area contributed by atoms with Crippen molar-refractivity contribution in [2.45, 2.75) is 26.4 Å². The number of benzene rings is 1. The summed E-state index contributed by atoms with van der Waals surface area (Å²) in [6.07, 6.45) is 0.916. The number of furan rings is 1. The third-order valence-electron chi connectivity index (χ3n) is 3.24. The molecular formula is C18H23NO4. The number of hydrogen-bond acceptors (Lipinski definition) is 4. The summed E-state index contributed by atoms with van der Waals surface area (Å²) in [5.41, 5.74) is 0.895. The van der Waals surface area contributed by atoms with E-state index in [-0.39, 0.29) is 18.9 Å². The molecule has 1 heterocycles. The highest BCUT2D eigenvalue weighted by Gasteiger charge is 2.12. The maximum absolute atomic E-state index is 11.9. The van der Waals surface area contributed by atoms with Crippen LogP contribution < -0.4 is 10.1 Å². The Hall–Kier alpha value is -2.27. The monoisotopic (exact) mass is 317 g/mol. The predicted molar refractivity (Wildman–Crippen MR) is 87.2 cm³/mol. The van der Waals surface area contributed by atoms with Gasteiger partial charge >= 0.3 is 0 Å². The first kappa shape index (κ1) is 17.1. The molecule has 1 unspecified atom stereocenters. The van der Waals surface area contributed by atoms with E-state index in [9.17, 15) is 9.90 Å². The Morgan fingerprint density at radius 1 is 1.26 bits per heavy atom. The number of nitrogens with one attached hydrogen (secondary N) is 1. The maximum Gasteiger partial charge on any atom is 0.224 e. The van der Waals surface area contributed by atoms with Crippen LogP contribution in [0.25, 0.3) is 0 Å². The van der Waals surface area contributed by atoms with Gasteiger partial charge in [-0.25, -0.2) is 0 Å². The minimum absolute atomic E-state index is 0.127. The van der Waals surface area contributed by atoms with Crippen LogP contribution in [0.15, 0.2) is 47.1 Å². The molecule has 0 radical (unpaired) electrons. The summed E-state index contributed by atoms with van der Waals surface area (Å²) in [6.45, 7) is 4.98. The van der Waals surface area contributed by atoms with Gasteiger partial charge in [-0.3, -0.25) is 4.79 Å². The quantitative estimate of drug-likeness (QED) is 0.785. The van der Waals surface area contributed by atoms with Crippen molar-refractivity contribution in [1.29, 1.82) is 0 Å². The lowest BCUT2D eigenvalue weighted by atomic mass is 10.1. The molecule has 0 aliphatic carbocycles. The number of aliphatic hydroxyl groups is 1. The van der Waals surface area contributed by atoms with Crippen LogP contribution in [0.5, 0.6) is 5.75 Å². The molecule has 0 aliphatic rings.